The number of likely N-dealkylation sites (N-methyl/N-ethyl adjacent to an activating group) is 1. The number of rotatable bonds is 5. The third kappa shape index (κ3) is 5.10. The van der Waals surface area contributed by atoms with Gasteiger partial charge in [-0.1, -0.05) is 36.4 Å². The van der Waals surface area contributed by atoms with Gasteiger partial charge in [-0.2, -0.15) is 4.31 Å². The molecule has 2 heterocycles. The number of sulfonamides is 1. The zero-order chi connectivity index (χ0) is 26.0. The number of anilines is 1. The highest BCUT2D eigenvalue weighted by molar-refractivity contribution is 7.89. The zero-order valence-corrected chi connectivity index (χ0v) is 21.7. The minimum Gasteiger partial charge on any atom is -0.367 e. The van der Waals surface area contributed by atoms with E-state index in [1.807, 2.05) is 42.2 Å². The lowest BCUT2D eigenvalue weighted by molar-refractivity contribution is -0.139. The van der Waals surface area contributed by atoms with E-state index >= 15 is 4.39 Å². The second-order valence-corrected chi connectivity index (χ2v) is 11.5. The van der Waals surface area contributed by atoms with Gasteiger partial charge in [0.15, 0.2) is 0 Å². The molecule has 2 aromatic carbocycles. The molecule has 0 aromatic heterocycles. The normalized spacial score (nSPS) is 24.4. The lowest BCUT2D eigenvalue weighted by atomic mass is 10.0. The molecule has 0 bridgehead atoms. The van der Waals surface area contributed by atoms with Crippen molar-refractivity contribution in [2.75, 3.05) is 31.6 Å². The van der Waals surface area contributed by atoms with Crippen molar-refractivity contribution in [3.05, 3.63) is 65.5 Å². The van der Waals surface area contributed by atoms with Crippen molar-refractivity contribution in [1.82, 2.24) is 14.5 Å². The first-order valence-electron chi connectivity index (χ1n) is 12.2. The fourth-order valence-electron chi connectivity index (χ4n) is 5.17. The maximum atomic E-state index is 15.3. The van der Waals surface area contributed by atoms with E-state index in [0.717, 1.165) is 5.56 Å². The number of halogens is 1. The molecule has 2 aliphatic heterocycles. The molecular formula is C26H33FN4O4S. The minimum absolute atomic E-state index is 0.0437. The quantitative estimate of drug-likeness (QED) is 0.660. The first kappa shape index (κ1) is 26.1. The number of benzene rings is 2. The molecule has 0 radical (unpaired) electrons. The summed E-state index contributed by atoms with van der Waals surface area (Å²) in [6, 6.07) is 13.0. The fourth-order valence-corrected chi connectivity index (χ4v) is 7.35. The van der Waals surface area contributed by atoms with Crippen LogP contribution in [0.5, 0.6) is 0 Å². The predicted molar refractivity (Wildman–Crippen MR) is 136 cm³/mol. The molecule has 4 rings (SSSR count). The number of hydrogen-bond acceptors (Lipinski definition) is 5. The maximum absolute atomic E-state index is 15.3. The van der Waals surface area contributed by atoms with E-state index in [1.54, 1.807) is 12.1 Å². The average molecular weight is 517 g/mol. The van der Waals surface area contributed by atoms with Crippen LogP contribution in [0.4, 0.5) is 10.1 Å². The summed E-state index contributed by atoms with van der Waals surface area (Å²) in [7, 11) is -2.15. The molecule has 2 amide bonds. The van der Waals surface area contributed by atoms with E-state index in [4.69, 9.17) is 0 Å². The molecule has 0 aliphatic carbocycles. The summed E-state index contributed by atoms with van der Waals surface area (Å²) in [5.41, 5.74) is 1.64. The van der Waals surface area contributed by atoms with Crippen molar-refractivity contribution in [3.8, 4) is 0 Å². The van der Waals surface area contributed by atoms with E-state index in [2.05, 4.69) is 5.32 Å². The highest BCUT2D eigenvalue weighted by Crippen LogP contribution is 2.38. The van der Waals surface area contributed by atoms with Gasteiger partial charge in [-0.15, -0.1) is 0 Å². The second kappa shape index (κ2) is 10.6. The van der Waals surface area contributed by atoms with E-state index in [0.29, 0.717) is 37.2 Å². The molecule has 0 saturated carbocycles. The van der Waals surface area contributed by atoms with Crippen molar-refractivity contribution < 1.29 is 22.4 Å². The van der Waals surface area contributed by atoms with Gasteiger partial charge in [0.05, 0.1) is 0 Å². The van der Waals surface area contributed by atoms with Gasteiger partial charge in [-0.05, 0) is 37.5 Å². The summed E-state index contributed by atoms with van der Waals surface area (Å²) in [5, 5.41) is 1.95. The summed E-state index contributed by atoms with van der Waals surface area (Å²) < 4.78 is 43.7. The number of hydrogen-bond donors (Lipinski definition) is 1. The van der Waals surface area contributed by atoms with Gasteiger partial charge in [-0.3, -0.25) is 9.59 Å². The summed E-state index contributed by atoms with van der Waals surface area (Å²) in [6.07, 6.45) is 1.23. The van der Waals surface area contributed by atoms with Gasteiger partial charge < -0.3 is 15.1 Å². The summed E-state index contributed by atoms with van der Waals surface area (Å²) in [6.45, 7) is 4.30. The number of nitrogens with zero attached hydrogens (tertiary/aromatic N) is 3. The van der Waals surface area contributed by atoms with Crippen LogP contribution in [0.15, 0.2) is 48.5 Å². The molecule has 0 spiro atoms. The first-order chi connectivity index (χ1) is 17.1. The largest absolute Gasteiger partial charge is 0.367 e. The molecule has 2 fully saturated rings. The van der Waals surface area contributed by atoms with Gasteiger partial charge in [-0.25, -0.2) is 12.8 Å². The van der Waals surface area contributed by atoms with Crippen LogP contribution in [0.2, 0.25) is 0 Å². The topological polar surface area (TPSA) is 90.0 Å². The van der Waals surface area contributed by atoms with Gasteiger partial charge in [0.1, 0.15) is 17.1 Å². The van der Waals surface area contributed by atoms with E-state index < -0.39 is 27.1 Å². The minimum atomic E-state index is -3.67. The van der Waals surface area contributed by atoms with Crippen LogP contribution in [-0.4, -0.2) is 68.2 Å². The van der Waals surface area contributed by atoms with E-state index in [1.165, 1.54) is 29.2 Å². The Bertz CT molecular complexity index is 1220. The Balaban J connectivity index is 1.54. The molecular weight excluding hydrogens is 483 g/mol. The van der Waals surface area contributed by atoms with Crippen molar-refractivity contribution in [2.45, 2.75) is 50.6 Å². The van der Waals surface area contributed by atoms with Gasteiger partial charge >= 0.3 is 0 Å². The SMILES string of the molecule is CNC(=O)[C@H]1CN(c2ccc(CN3[C@@H](C)CCC(c4ccccc4)S3(=O)=O)c(F)c2)CCN1C(C)=O. The van der Waals surface area contributed by atoms with Gasteiger partial charge in [0.2, 0.25) is 21.8 Å². The number of carbonyl (C=O) groups is 2. The maximum Gasteiger partial charge on any atom is 0.244 e. The van der Waals surface area contributed by atoms with Gasteiger partial charge in [0.25, 0.3) is 0 Å². The fraction of sp³-hybridized carbons (Fsp3) is 0.462. The van der Waals surface area contributed by atoms with Crippen LogP contribution in [0.3, 0.4) is 0 Å². The Morgan fingerprint density at radius 2 is 1.81 bits per heavy atom. The Morgan fingerprint density at radius 3 is 2.44 bits per heavy atom. The summed E-state index contributed by atoms with van der Waals surface area (Å²) in [5.74, 6) is -0.957. The van der Waals surface area contributed by atoms with Crippen molar-refractivity contribution in [1.29, 1.82) is 0 Å². The molecule has 1 unspecified atom stereocenters. The van der Waals surface area contributed by atoms with Crippen molar-refractivity contribution in [3.63, 3.8) is 0 Å². The molecule has 2 saturated heterocycles. The number of nitrogens with one attached hydrogen (secondary N) is 1. The number of amides is 2. The molecule has 10 heteroatoms. The Hall–Kier alpha value is -2.98. The van der Waals surface area contributed by atoms with E-state index in [9.17, 15) is 18.0 Å². The van der Waals surface area contributed by atoms with Crippen LogP contribution in [0, 0.1) is 5.82 Å². The average Bonchev–Trinajstić information content (AvgIpc) is 2.86. The molecule has 194 valence electrons. The Morgan fingerprint density at radius 1 is 1.08 bits per heavy atom. The standard InChI is InChI=1S/C26H33FN4O4S/c1-18-9-12-25(20-7-5-4-6-8-20)36(34,35)31(18)16-21-10-11-22(15-23(21)27)29-13-14-30(19(2)32)24(17-29)26(33)28-3/h4-8,10-11,15,18,24-25H,9,12-14,16-17H2,1-3H3,(H,28,33)/t18-,24+,25?/m0/s1. The van der Waals surface area contributed by atoms with Crippen LogP contribution >= 0.6 is 0 Å². The zero-order valence-electron chi connectivity index (χ0n) is 20.9. The molecule has 2 aromatic rings. The second-order valence-electron chi connectivity index (χ2n) is 9.48. The molecule has 3 atom stereocenters. The molecule has 36 heavy (non-hydrogen) atoms. The van der Waals surface area contributed by atoms with Crippen molar-refractivity contribution in [2.24, 2.45) is 0 Å². The lowest BCUT2D eigenvalue weighted by Gasteiger charge is -2.41. The Kier molecular flexibility index (Phi) is 7.65. The first-order valence-corrected chi connectivity index (χ1v) is 13.7. The highest BCUT2D eigenvalue weighted by atomic mass is 32.2. The summed E-state index contributed by atoms with van der Waals surface area (Å²) >= 11 is 0. The number of piperazine rings is 1. The lowest BCUT2D eigenvalue weighted by Crippen LogP contribution is -2.60. The van der Waals surface area contributed by atoms with Crippen LogP contribution in [0.25, 0.3) is 0 Å². The monoisotopic (exact) mass is 516 g/mol. The van der Waals surface area contributed by atoms with Crippen LogP contribution < -0.4 is 10.2 Å². The third-order valence-corrected chi connectivity index (χ3v) is 9.63. The smallest absolute Gasteiger partial charge is 0.244 e. The van der Waals surface area contributed by atoms with Crippen molar-refractivity contribution >= 4 is 27.5 Å². The summed E-state index contributed by atoms with van der Waals surface area (Å²) in [4.78, 5) is 27.7. The highest BCUT2D eigenvalue weighted by Gasteiger charge is 2.41. The molecule has 8 nitrogen and oxygen atoms in total. The van der Waals surface area contributed by atoms with E-state index in [-0.39, 0.29) is 30.9 Å². The predicted octanol–water partition coefficient (Wildman–Crippen LogP) is 2.66. The number of carbonyl (C=O) groups excluding carboxylic acids is 2. The Labute approximate surface area is 212 Å². The van der Waals surface area contributed by atoms with Crippen LogP contribution in [0.1, 0.15) is 43.1 Å². The molecule has 2 aliphatic rings. The third-order valence-electron chi connectivity index (χ3n) is 7.26. The molecule has 1 N–H and O–H groups in total. The van der Waals surface area contributed by atoms with Crippen LogP contribution in [-0.2, 0) is 26.2 Å². The van der Waals surface area contributed by atoms with Gasteiger partial charge in [0, 0.05) is 57.4 Å².